The molecule has 4 aliphatic carbocycles. The number of hydrogen-bond donors (Lipinski definition) is 0. The maximum absolute atomic E-state index is 5.38. The van der Waals surface area contributed by atoms with Crippen molar-refractivity contribution in [2.24, 2.45) is 0 Å². The summed E-state index contributed by atoms with van der Waals surface area (Å²) in [4.78, 5) is 30.2. The van der Waals surface area contributed by atoms with Crippen molar-refractivity contribution in [2.75, 3.05) is 0 Å². The van der Waals surface area contributed by atoms with Crippen LogP contribution in [0.15, 0.2) is 413 Å². The van der Waals surface area contributed by atoms with Gasteiger partial charge in [-0.3, -0.25) is 9.97 Å². The Morgan fingerprint density at radius 3 is 0.851 bits per heavy atom. The molecular weight excluding hydrogens is 1380 g/mol. The average molecular weight is 1450 g/mol. The fourth-order valence-corrected chi connectivity index (χ4v) is 18.7. The van der Waals surface area contributed by atoms with E-state index in [1.165, 1.54) is 122 Å². The Morgan fingerprint density at radius 2 is 0.447 bits per heavy atom. The summed E-state index contributed by atoms with van der Waals surface area (Å²) in [5.41, 5.74) is 38.4. The average Bonchev–Trinajstić information content (AvgIpc) is 1.52. The van der Waals surface area contributed by atoms with Crippen LogP contribution in [0.2, 0.25) is 0 Å². The van der Waals surface area contributed by atoms with E-state index in [2.05, 4.69) is 386 Å². The summed E-state index contributed by atoms with van der Waals surface area (Å²) in [7, 11) is 0. The van der Waals surface area contributed by atoms with Crippen LogP contribution >= 0.6 is 0 Å². The van der Waals surface area contributed by atoms with E-state index in [-0.39, 0.29) is 0 Å². The van der Waals surface area contributed by atoms with Gasteiger partial charge in [-0.2, -0.15) is 0 Å². The lowest BCUT2D eigenvalue weighted by Crippen LogP contribution is -2.25. The van der Waals surface area contributed by atoms with Gasteiger partial charge in [-0.05, 0) is 188 Å². The van der Waals surface area contributed by atoms with Gasteiger partial charge in [0.2, 0.25) is 0 Å². The maximum atomic E-state index is 5.38. The van der Waals surface area contributed by atoms with E-state index in [9.17, 15) is 0 Å². The van der Waals surface area contributed by atoms with Crippen molar-refractivity contribution in [1.29, 1.82) is 0 Å². The Kier molecular flexibility index (Phi) is 15.6. The van der Waals surface area contributed by atoms with Crippen LogP contribution in [-0.2, 0) is 10.8 Å². The smallest absolute Gasteiger partial charge is 0.160 e. The third-order valence-corrected chi connectivity index (χ3v) is 23.8. The number of rotatable bonds is 10. The van der Waals surface area contributed by atoms with Crippen molar-refractivity contribution in [2.45, 2.75) is 10.8 Å². The van der Waals surface area contributed by atoms with Crippen molar-refractivity contribution >= 4 is 10.8 Å². The second-order valence-electron chi connectivity index (χ2n) is 29.9. The molecule has 0 fully saturated rings. The topological polar surface area (TPSA) is 77.3 Å². The van der Waals surface area contributed by atoms with Crippen molar-refractivity contribution in [3.05, 3.63) is 458 Å². The van der Waals surface area contributed by atoms with E-state index in [1.54, 1.807) is 6.20 Å². The van der Waals surface area contributed by atoms with Gasteiger partial charge in [0.05, 0.1) is 33.6 Å². The van der Waals surface area contributed by atoms with Crippen LogP contribution in [0.3, 0.4) is 0 Å². The molecule has 0 aliphatic heterocycles. The second kappa shape index (κ2) is 27.0. The normalized spacial score (nSPS) is 12.9. The molecule has 19 aromatic rings. The molecule has 530 valence electrons. The molecule has 0 bridgehead atoms. The van der Waals surface area contributed by atoms with Crippen LogP contribution in [0.25, 0.3) is 168 Å². The van der Waals surface area contributed by atoms with Gasteiger partial charge in [0, 0.05) is 69.3 Å². The Bertz CT molecular complexity index is 6910. The summed E-state index contributed by atoms with van der Waals surface area (Å²) in [5.74, 6) is 1.39. The highest BCUT2D eigenvalue weighted by atomic mass is 14.9. The number of benzene rings is 15. The van der Waals surface area contributed by atoms with E-state index in [1.807, 2.05) is 30.7 Å². The summed E-state index contributed by atoms with van der Waals surface area (Å²) >= 11 is 0. The van der Waals surface area contributed by atoms with Crippen LogP contribution in [0.5, 0.6) is 0 Å². The fraction of sp³-hybridized carbons (Fsp3) is 0.0185. The number of pyridine rings is 2. The molecule has 0 radical (unpaired) electrons. The van der Waals surface area contributed by atoms with Gasteiger partial charge in [0.15, 0.2) is 11.6 Å². The Balaban J connectivity index is 0.000000139. The molecule has 0 unspecified atom stereocenters. The zero-order valence-corrected chi connectivity index (χ0v) is 61.9. The highest BCUT2D eigenvalue weighted by molar-refractivity contribution is 5.99. The molecule has 4 aliphatic rings. The lowest BCUT2D eigenvalue weighted by molar-refractivity contribution is 0.794. The Hall–Kier alpha value is -15.0. The number of aromatic nitrogens is 6. The largest absolute Gasteiger partial charge is 0.264 e. The minimum Gasteiger partial charge on any atom is -0.264 e. The molecule has 0 N–H and O–H groups in total. The predicted octanol–water partition coefficient (Wildman–Crippen LogP) is 26.3. The molecule has 0 saturated heterocycles. The van der Waals surface area contributed by atoms with Crippen LogP contribution in [-0.4, -0.2) is 29.9 Å². The highest BCUT2D eigenvalue weighted by Gasteiger charge is 2.53. The first kappa shape index (κ1) is 66.0. The van der Waals surface area contributed by atoms with E-state index in [0.29, 0.717) is 11.6 Å². The van der Waals surface area contributed by atoms with Crippen molar-refractivity contribution < 1.29 is 0 Å². The standard InChI is InChI=1S/C56H35N3.C52H33N3/c1-2-12-39-31-41(27-24-36(39)11-1)37-22-25-38(26-23-37)53-34-54(42-14-9-13-40(32-42)44-15-10-30-57-35-44)59-55(58-53)43-28-29-48-47-18-5-8-21-51(47)56(52(48)33-43)49-19-6-3-16-45(49)46-17-4-7-20-50(46)56;1-2-12-34(13-3-1)35-23-25-36(26-24-35)49-32-50(38-15-10-14-37(30-38)40-16-11-29-53-33-40)55-51(54-49)39-27-28-44-43-19-6-9-22-47(43)52(48(44)31-39)45-20-7-4-17-41(45)42-18-5-8-21-46(42)52/h1-35H;1-33H. The molecule has 4 aromatic heterocycles. The van der Waals surface area contributed by atoms with Gasteiger partial charge in [-0.1, -0.05) is 334 Å². The van der Waals surface area contributed by atoms with Gasteiger partial charge in [0.25, 0.3) is 0 Å². The van der Waals surface area contributed by atoms with Crippen molar-refractivity contribution in [3.8, 4) is 157 Å². The lowest BCUT2D eigenvalue weighted by atomic mass is 9.70. The molecule has 0 saturated carbocycles. The third kappa shape index (κ3) is 10.7. The van der Waals surface area contributed by atoms with Crippen molar-refractivity contribution in [3.63, 3.8) is 0 Å². The van der Waals surface area contributed by atoms with Gasteiger partial charge < -0.3 is 0 Å². The van der Waals surface area contributed by atoms with Gasteiger partial charge in [-0.25, -0.2) is 19.9 Å². The van der Waals surface area contributed by atoms with Crippen LogP contribution in [0, 0.1) is 0 Å². The van der Waals surface area contributed by atoms with Crippen LogP contribution in [0.4, 0.5) is 0 Å². The quantitative estimate of drug-likeness (QED) is 0.136. The molecule has 23 rings (SSSR count). The minimum absolute atomic E-state index is 0.444. The number of fused-ring (bicyclic) bond motifs is 21. The summed E-state index contributed by atoms with van der Waals surface area (Å²) in [6.45, 7) is 0. The molecule has 0 atom stereocenters. The van der Waals surface area contributed by atoms with E-state index >= 15 is 0 Å². The van der Waals surface area contributed by atoms with E-state index in [0.717, 1.165) is 78.4 Å². The second-order valence-corrected chi connectivity index (χ2v) is 29.9. The molecule has 15 aromatic carbocycles. The number of nitrogens with zero attached hydrogens (tertiary/aromatic N) is 6. The summed E-state index contributed by atoms with van der Waals surface area (Å²) in [6, 6.07) is 140. The lowest BCUT2D eigenvalue weighted by Gasteiger charge is -2.30. The molecule has 4 heterocycles. The first-order chi connectivity index (χ1) is 56.5. The van der Waals surface area contributed by atoms with Crippen LogP contribution in [0.1, 0.15) is 44.5 Å². The zero-order chi connectivity index (χ0) is 75.3. The van der Waals surface area contributed by atoms with Gasteiger partial charge in [-0.15, -0.1) is 0 Å². The SMILES string of the molecule is c1ccc(-c2ccc(-c3cc(-c4cccc(-c5cccnc5)c4)nc(-c4ccc5c(c4)C4(c6ccccc6-c6ccccc64)c4ccccc4-5)n3)cc2)cc1.c1cncc(-c2cccc(-c3cc(-c4ccc(-c5ccc6ccccc6c5)cc4)nc(-c4ccc5c(c4)C4(c6ccccc6-c6ccccc64)c4ccccc4-5)n3)c2)c1. The predicted molar refractivity (Wildman–Crippen MR) is 464 cm³/mol. The zero-order valence-electron chi connectivity index (χ0n) is 61.9. The summed E-state index contributed by atoms with van der Waals surface area (Å²) in [6.07, 6.45) is 7.43. The van der Waals surface area contributed by atoms with E-state index < -0.39 is 10.8 Å². The highest BCUT2D eigenvalue weighted by Crippen LogP contribution is 2.65. The van der Waals surface area contributed by atoms with Crippen molar-refractivity contribution in [1.82, 2.24) is 29.9 Å². The Morgan fingerprint density at radius 1 is 0.158 bits per heavy atom. The molecule has 6 nitrogen and oxygen atoms in total. The third-order valence-electron chi connectivity index (χ3n) is 23.8. The molecular formula is C108H68N6. The monoisotopic (exact) mass is 1450 g/mol. The van der Waals surface area contributed by atoms with E-state index in [4.69, 9.17) is 19.9 Å². The summed E-state index contributed by atoms with van der Waals surface area (Å²) < 4.78 is 0. The fourth-order valence-electron chi connectivity index (χ4n) is 18.7. The number of hydrogen-bond acceptors (Lipinski definition) is 6. The molecule has 6 heteroatoms. The molecule has 0 amide bonds. The van der Waals surface area contributed by atoms with Gasteiger partial charge in [0.1, 0.15) is 0 Å². The summed E-state index contributed by atoms with van der Waals surface area (Å²) in [5, 5.41) is 2.47. The Labute approximate surface area is 661 Å². The van der Waals surface area contributed by atoms with Crippen LogP contribution < -0.4 is 0 Å². The maximum Gasteiger partial charge on any atom is 0.160 e. The first-order valence-corrected chi connectivity index (χ1v) is 38.9. The minimum atomic E-state index is -0.452. The van der Waals surface area contributed by atoms with Gasteiger partial charge >= 0.3 is 0 Å². The first-order valence-electron chi connectivity index (χ1n) is 38.9. The molecule has 2 spiro atoms. The molecule has 114 heavy (non-hydrogen) atoms.